The molecule has 0 radical (unpaired) electrons. The summed E-state index contributed by atoms with van der Waals surface area (Å²) in [6, 6.07) is 6.32. The predicted molar refractivity (Wildman–Crippen MR) is 93.6 cm³/mol. The number of amides is 1. The van der Waals surface area contributed by atoms with E-state index in [2.05, 4.69) is 39.8 Å². The van der Waals surface area contributed by atoms with Crippen molar-refractivity contribution in [1.29, 1.82) is 0 Å². The molecule has 3 nitrogen and oxygen atoms in total. The molecule has 1 aromatic heterocycles. The number of nitrogens with zero attached hydrogens (tertiary/aromatic N) is 1. The monoisotopic (exact) mass is 313 g/mol. The second-order valence-electron chi connectivity index (χ2n) is 7.99. The van der Waals surface area contributed by atoms with Crippen molar-refractivity contribution in [2.24, 2.45) is 5.92 Å². The van der Waals surface area contributed by atoms with E-state index >= 15 is 0 Å². The average molecular weight is 313 g/mol. The lowest BCUT2D eigenvalue weighted by atomic mass is 9.86. The molecule has 0 bridgehead atoms. The molecule has 2 heterocycles. The number of fused-ring (bicyclic) bond motifs is 1. The third-order valence-electron chi connectivity index (χ3n) is 4.87. The molecule has 124 valence electrons. The van der Waals surface area contributed by atoms with Crippen LogP contribution in [0.25, 0.3) is 11.0 Å². The molecule has 1 saturated heterocycles. The maximum absolute atomic E-state index is 12.6. The Morgan fingerprint density at radius 3 is 2.83 bits per heavy atom. The van der Waals surface area contributed by atoms with Crippen molar-refractivity contribution in [3.8, 4) is 0 Å². The molecule has 0 aliphatic carbocycles. The van der Waals surface area contributed by atoms with Crippen LogP contribution in [0.15, 0.2) is 28.9 Å². The SMILES string of the molecule is CC1CCCN(C(=O)Cc2coc3ccc(C(C)(C)C)cc23)C1. The van der Waals surface area contributed by atoms with Crippen LogP contribution in [0.1, 0.15) is 51.7 Å². The summed E-state index contributed by atoms with van der Waals surface area (Å²) < 4.78 is 5.66. The van der Waals surface area contributed by atoms with Gasteiger partial charge < -0.3 is 9.32 Å². The molecule has 3 rings (SSSR count). The lowest BCUT2D eigenvalue weighted by molar-refractivity contribution is -0.132. The third-order valence-corrected chi connectivity index (χ3v) is 4.87. The summed E-state index contributed by atoms with van der Waals surface area (Å²) in [5.41, 5.74) is 3.24. The lowest BCUT2D eigenvalue weighted by Gasteiger charge is -2.31. The van der Waals surface area contributed by atoms with E-state index in [9.17, 15) is 4.79 Å². The van der Waals surface area contributed by atoms with E-state index in [0.717, 1.165) is 36.0 Å². The first kappa shape index (κ1) is 16.1. The van der Waals surface area contributed by atoms with Gasteiger partial charge in [-0.2, -0.15) is 0 Å². The Morgan fingerprint density at radius 2 is 2.13 bits per heavy atom. The molecule has 1 aliphatic rings. The number of carbonyl (C=O) groups excluding carboxylic acids is 1. The van der Waals surface area contributed by atoms with Crippen LogP contribution < -0.4 is 0 Å². The van der Waals surface area contributed by atoms with E-state index in [-0.39, 0.29) is 11.3 Å². The van der Waals surface area contributed by atoms with Gasteiger partial charge in [-0.3, -0.25) is 4.79 Å². The molecule has 1 fully saturated rings. The molecule has 1 atom stereocenters. The first-order valence-corrected chi connectivity index (χ1v) is 8.63. The average Bonchev–Trinajstić information content (AvgIpc) is 2.89. The molecule has 0 spiro atoms. The summed E-state index contributed by atoms with van der Waals surface area (Å²) in [5.74, 6) is 0.835. The molecule has 1 unspecified atom stereocenters. The smallest absolute Gasteiger partial charge is 0.227 e. The van der Waals surface area contributed by atoms with Crippen molar-refractivity contribution in [1.82, 2.24) is 4.90 Å². The van der Waals surface area contributed by atoms with E-state index in [4.69, 9.17) is 4.42 Å². The standard InChI is InChI=1S/C20H27NO2/c1-14-6-5-9-21(12-14)19(22)10-15-13-23-18-8-7-16(11-17(15)18)20(2,3)4/h7-8,11,13-14H,5-6,9-10,12H2,1-4H3. The maximum Gasteiger partial charge on any atom is 0.227 e. The lowest BCUT2D eigenvalue weighted by Crippen LogP contribution is -2.39. The number of furan rings is 1. The molecular formula is C20H27NO2. The molecular weight excluding hydrogens is 286 g/mol. The first-order chi connectivity index (χ1) is 10.8. The Labute approximate surface area is 138 Å². The highest BCUT2D eigenvalue weighted by Crippen LogP contribution is 2.29. The number of hydrogen-bond acceptors (Lipinski definition) is 2. The fourth-order valence-corrected chi connectivity index (χ4v) is 3.38. The fourth-order valence-electron chi connectivity index (χ4n) is 3.38. The van der Waals surface area contributed by atoms with Crippen LogP contribution >= 0.6 is 0 Å². The van der Waals surface area contributed by atoms with Crippen LogP contribution in [0.2, 0.25) is 0 Å². The predicted octanol–water partition coefficient (Wildman–Crippen LogP) is 4.53. The van der Waals surface area contributed by atoms with Crippen molar-refractivity contribution in [3.63, 3.8) is 0 Å². The zero-order valence-corrected chi connectivity index (χ0v) is 14.7. The van der Waals surface area contributed by atoms with Gasteiger partial charge in [-0.15, -0.1) is 0 Å². The van der Waals surface area contributed by atoms with Crippen molar-refractivity contribution in [2.45, 2.75) is 52.4 Å². The first-order valence-electron chi connectivity index (χ1n) is 8.63. The van der Waals surface area contributed by atoms with E-state index < -0.39 is 0 Å². The van der Waals surface area contributed by atoms with E-state index in [1.165, 1.54) is 12.0 Å². The number of likely N-dealkylation sites (tertiary alicyclic amines) is 1. The summed E-state index contributed by atoms with van der Waals surface area (Å²) in [6.45, 7) is 10.6. The maximum atomic E-state index is 12.6. The number of hydrogen-bond donors (Lipinski definition) is 0. The van der Waals surface area contributed by atoms with Crippen LogP contribution in [0.5, 0.6) is 0 Å². The van der Waals surface area contributed by atoms with Gasteiger partial charge in [0.2, 0.25) is 5.91 Å². The molecule has 1 aliphatic heterocycles. The van der Waals surface area contributed by atoms with Gasteiger partial charge in [-0.05, 0) is 41.9 Å². The molecule has 1 amide bonds. The highest BCUT2D eigenvalue weighted by atomic mass is 16.3. The highest BCUT2D eigenvalue weighted by molar-refractivity contribution is 5.88. The minimum absolute atomic E-state index is 0.0923. The van der Waals surface area contributed by atoms with Gasteiger partial charge in [-0.1, -0.05) is 33.8 Å². The Bertz CT molecular complexity index is 708. The van der Waals surface area contributed by atoms with Gasteiger partial charge in [0.05, 0.1) is 12.7 Å². The second-order valence-corrected chi connectivity index (χ2v) is 7.99. The molecule has 2 aromatic rings. The van der Waals surface area contributed by atoms with Gasteiger partial charge in [0.25, 0.3) is 0 Å². The quantitative estimate of drug-likeness (QED) is 0.816. The molecule has 1 aromatic carbocycles. The van der Waals surface area contributed by atoms with E-state index in [1.54, 1.807) is 6.26 Å². The number of rotatable bonds is 2. The van der Waals surface area contributed by atoms with Gasteiger partial charge in [0.1, 0.15) is 5.58 Å². The van der Waals surface area contributed by atoms with Gasteiger partial charge >= 0.3 is 0 Å². The minimum atomic E-state index is 0.0923. The summed E-state index contributed by atoms with van der Waals surface area (Å²) in [5, 5.41) is 1.08. The number of benzene rings is 1. The Morgan fingerprint density at radius 1 is 1.35 bits per heavy atom. The third kappa shape index (κ3) is 3.44. The van der Waals surface area contributed by atoms with Crippen LogP contribution in [0.4, 0.5) is 0 Å². The highest BCUT2D eigenvalue weighted by Gasteiger charge is 2.23. The van der Waals surface area contributed by atoms with Crippen LogP contribution in [-0.2, 0) is 16.6 Å². The zero-order valence-electron chi connectivity index (χ0n) is 14.7. The minimum Gasteiger partial charge on any atom is -0.464 e. The number of piperidine rings is 1. The van der Waals surface area contributed by atoms with Crippen LogP contribution in [0, 0.1) is 5.92 Å². The number of carbonyl (C=O) groups is 1. The van der Waals surface area contributed by atoms with Gasteiger partial charge in [-0.25, -0.2) is 0 Å². The van der Waals surface area contributed by atoms with Gasteiger partial charge in [0, 0.05) is 24.0 Å². The summed E-state index contributed by atoms with van der Waals surface area (Å²) in [7, 11) is 0. The van der Waals surface area contributed by atoms with Gasteiger partial charge in [0.15, 0.2) is 0 Å². The molecule has 23 heavy (non-hydrogen) atoms. The summed E-state index contributed by atoms with van der Waals surface area (Å²) in [6.07, 6.45) is 4.54. The Kier molecular flexibility index (Phi) is 4.22. The zero-order chi connectivity index (χ0) is 16.6. The second kappa shape index (κ2) is 6.03. The van der Waals surface area contributed by atoms with Crippen molar-refractivity contribution in [2.75, 3.05) is 13.1 Å². The van der Waals surface area contributed by atoms with E-state index in [1.807, 2.05) is 11.0 Å². The van der Waals surface area contributed by atoms with Crippen molar-refractivity contribution >= 4 is 16.9 Å². The Hall–Kier alpha value is -1.77. The van der Waals surface area contributed by atoms with Crippen LogP contribution in [-0.4, -0.2) is 23.9 Å². The normalized spacial score (nSPS) is 19.3. The molecule has 0 saturated carbocycles. The fraction of sp³-hybridized carbons (Fsp3) is 0.550. The van der Waals surface area contributed by atoms with Crippen LogP contribution in [0.3, 0.4) is 0 Å². The summed E-state index contributed by atoms with van der Waals surface area (Å²) in [4.78, 5) is 14.6. The topological polar surface area (TPSA) is 33.5 Å². The van der Waals surface area contributed by atoms with E-state index in [0.29, 0.717) is 12.3 Å². The Balaban J connectivity index is 1.83. The van der Waals surface area contributed by atoms with Crippen molar-refractivity contribution in [3.05, 3.63) is 35.6 Å². The molecule has 0 N–H and O–H groups in total. The largest absolute Gasteiger partial charge is 0.464 e. The molecule has 3 heteroatoms. The van der Waals surface area contributed by atoms with Crippen molar-refractivity contribution < 1.29 is 9.21 Å². The summed E-state index contributed by atoms with van der Waals surface area (Å²) >= 11 is 0.